The van der Waals surface area contributed by atoms with Crippen molar-refractivity contribution in [3.8, 4) is 6.07 Å². The Kier molecular flexibility index (Phi) is 6.79. The van der Waals surface area contributed by atoms with Gasteiger partial charge in [-0.1, -0.05) is 62.4 Å². The molecular weight excluding hydrogens is 442 g/mol. The van der Waals surface area contributed by atoms with Gasteiger partial charge in [0.25, 0.3) is 0 Å². The Morgan fingerprint density at radius 3 is 2.57 bits per heavy atom. The van der Waals surface area contributed by atoms with E-state index in [2.05, 4.69) is 16.7 Å². The molecule has 2 aliphatic heterocycles. The Bertz CT molecular complexity index is 1160. The van der Waals surface area contributed by atoms with Gasteiger partial charge in [-0.2, -0.15) is 5.26 Å². The molecule has 0 aliphatic carbocycles. The topological polar surface area (TPSA) is 106 Å². The lowest BCUT2D eigenvalue weighted by atomic mass is 9.80. The second kappa shape index (κ2) is 9.79. The lowest BCUT2D eigenvalue weighted by Crippen LogP contribution is -2.53. The number of nitrogens with one attached hydrogen (secondary N) is 2. The minimum Gasteiger partial charge on any atom is -0.334 e. The van der Waals surface area contributed by atoms with Gasteiger partial charge < -0.3 is 20.4 Å². The summed E-state index contributed by atoms with van der Waals surface area (Å²) in [6.45, 7) is 4.44. The molecule has 2 heterocycles. The molecule has 2 aliphatic rings. The van der Waals surface area contributed by atoms with Crippen LogP contribution in [-0.4, -0.2) is 53.3 Å². The third kappa shape index (κ3) is 4.59. The zero-order chi connectivity index (χ0) is 25.2. The second-order valence-corrected chi connectivity index (χ2v) is 9.80. The van der Waals surface area contributed by atoms with E-state index in [1.165, 1.54) is 9.80 Å². The van der Waals surface area contributed by atoms with Crippen LogP contribution in [0.3, 0.4) is 0 Å². The number of carbonyl (C=O) groups is 3. The summed E-state index contributed by atoms with van der Waals surface area (Å²) in [4.78, 5) is 42.8. The molecule has 2 aromatic rings. The minimum atomic E-state index is -0.955. The number of likely N-dealkylation sites (N-methyl/N-ethyl adjacent to an activating group) is 1. The number of amides is 4. The number of likely N-dealkylation sites (tertiary alicyclic amines) is 1. The number of nitrogens with zero attached hydrogens (tertiary/aromatic N) is 3. The van der Waals surface area contributed by atoms with Crippen molar-refractivity contribution in [3.63, 3.8) is 0 Å². The molecule has 2 aromatic carbocycles. The van der Waals surface area contributed by atoms with Gasteiger partial charge in [-0.3, -0.25) is 9.59 Å². The van der Waals surface area contributed by atoms with Crippen LogP contribution in [-0.2, 0) is 21.5 Å². The molecule has 35 heavy (non-hydrogen) atoms. The number of fused-ring (bicyclic) bond motifs is 2. The minimum absolute atomic E-state index is 0.112. The van der Waals surface area contributed by atoms with Crippen molar-refractivity contribution in [2.45, 2.75) is 50.7 Å². The number of rotatable bonds is 6. The molecule has 1 unspecified atom stereocenters. The van der Waals surface area contributed by atoms with E-state index in [1.807, 2.05) is 68.4 Å². The molecule has 1 saturated heterocycles. The van der Waals surface area contributed by atoms with E-state index in [0.717, 1.165) is 16.8 Å². The van der Waals surface area contributed by atoms with Crippen molar-refractivity contribution in [1.29, 1.82) is 5.26 Å². The summed E-state index contributed by atoms with van der Waals surface area (Å²) >= 11 is 0. The highest BCUT2D eigenvalue weighted by atomic mass is 16.2. The molecule has 8 heteroatoms. The number of anilines is 1. The molecule has 3 atom stereocenters. The van der Waals surface area contributed by atoms with E-state index in [-0.39, 0.29) is 36.7 Å². The molecule has 1 fully saturated rings. The fraction of sp³-hybridized carbons (Fsp3) is 0.407. The van der Waals surface area contributed by atoms with Crippen LogP contribution in [0, 0.1) is 17.2 Å². The van der Waals surface area contributed by atoms with Gasteiger partial charge in [0, 0.05) is 32.2 Å². The van der Waals surface area contributed by atoms with Crippen LogP contribution in [0.4, 0.5) is 10.5 Å². The molecule has 0 aromatic heterocycles. The van der Waals surface area contributed by atoms with Gasteiger partial charge in [0.2, 0.25) is 11.8 Å². The van der Waals surface area contributed by atoms with Crippen molar-refractivity contribution in [3.05, 3.63) is 65.7 Å². The first-order valence-corrected chi connectivity index (χ1v) is 11.9. The van der Waals surface area contributed by atoms with Gasteiger partial charge in [-0.05, 0) is 29.5 Å². The Morgan fingerprint density at radius 1 is 1.20 bits per heavy atom. The first-order valence-electron chi connectivity index (χ1n) is 11.9. The first-order chi connectivity index (χ1) is 16.8. The number of carbonyl (C=O) groups excluding carboxylic acids is 3. The van der Waals surface area contributed by atoms with Gasteiger partial charge >= 0.3 is 6.03 Å². The maximum Gasteiger partial charge on any atom is 0.318 e. The van der Waals surface area contributed by atoms with Gasteiger partial charge in [-0.15, -0.1) is 0 Å². The maximum absolute atomic E-state index is 13.9. The Morgan fingerprint density at radius 2 is 1.89 bits per heavy atom. The Hall–Kier alpha value is -3.86. The number of hydrogen-bond donors (Lipinski definition) is 2. The zero-order valence-electron chi connectivity index (χ0n) is 20.3. The van der Waals surface area contributed by atoms with Crippen molar-refractivity contribution in [2.75, 3.05) is 18.9 Å². The van der Waals surface area contributed by atoms with Crippen molar-refractivity contribution >= 4 is 23.5 Å². The van der Waals surface area contributed by atoms with Crippen LogP contribution in [0.15, 0.2) is 54.6 Å². The van der Waals surface area contributed by atoms with Crippen LogP contribution in [0.25, 0.3) is 0 Å². The molecule has 8 nitrogen and oxygen atoms in total. The highest BCUT2D eigenvalue weighted by Crippen LogP contribution is 2.46. The average molecular weight is 474 g/mol. The number of hydrogen-bond acceptors (Lipinski definition) is 4. The maximum atomic E-state index is 13.9. The summed E-state index contributed by atoms with van der Waals surface area (Å²) in [6, 6.07) is 17.3. The third-order valence-electron chi connectivity index (χ3n) is 6.97. The average Bonchev–Trinajstić information content (AvgIpc) is 3.39. The van der Waals surface area contributed by atoms with Crippen LogP contribution in [0.2, 0.25) is 0 Å². The van der Waals surface area contributed by atoms with Gasteiger partial charge in [0.05, 0.1) is 11.5 Å². The molecule has 4 rings (SSSR count). The van der Waals surface area contributed by atoms with E-state index >= 15 is 0 Å². The largest absolute Gasteiger partial charge is 0.334 e. The monoisotopic (exact) mass is 473 g/mol. The highest BCUT2D eigenvalue weighted by molar-refractivity contribution is 6.07. The second-order valence-electron chi connectivity index (χ2n) is 9.80. The van der Waals surface area contributed by atoms with Crippen LogP contribution in [0.1, 0.15) is 37.8 Å². The SMILES string of the molecule is CC(C)C[C@@H](C(=O)N1C[C@]2(CC1C#N)C(=O)Nc1ccccc12)N(C)C(=O)NCc1ccccc1. The van der Waals surface area contributed by atoms with Crippen molar-refractivity contribution in [2.24, 2.45) is 5.92 Å². The van der Waals surface area contributed by atoms with E-state index < -0.39 is 17.5 Å². The lowest BCUT2D eigenvalue weighted by molar-refractivity contribution is -0.136. The number of para-hydroxylation sites is 1. The molecule has 1 spiro atoms. The zero-order valence-corrected chi connectivity index (χ0v) is 20.3. The molecular formula is C27H31N5O3. The molecule has 0 saturated carbocycles. The summed E-state index contributed by atoms with van der Waals surface area (Å²) in [6.07, 6.45) is 0.676. The van der Waals surface area contributed by atoms with E-state index in [0.29, 0.717) is 13.0 Å². The smallest absolute Gasteiger partial charge is 0.318 e. The lowest BCUT2D eigenvalue weighted by Gasteiger charge is -2.33. The van der Waals surface area contributed by atoms with Crippen molar-refractivity contribution in [1.82, 2.24) is 15.1 Å². The normalized spacial score (nSPS) is 21.4. The predicted octanol–water partition coefficient (Wildman–Crippen LogP) is 3.26. The van der Waals surface area contributed by atoms with Crippen LogP contribution < -0.4 is 10.6 Å². The fourth-order valence-electron chi connectivity index (χ4n) is 5.09. The van der Waals surface area contributed by atoms with Crippen molar-refractivity contribution < 1.29 is 14.4 Å². The van der Waals surface area contributed by atoms with E-state index in [4.69, 9.17) is 0 Å². The number of nitriles is 1. The quantitative estimate of drug-likeness (QED) is 0.672. The first kappa shape index (κ1) is 24.3. The molecule has 0 bridgehead atoms. The van der Waals surface area contributed by atoms with Gasteiger partial charge in [0.1, 0.15) is 12.1 Å². The standard InChI is InChI=1S/C27H31N5O3/c1-18(2)13-23(31(3)26(35)29-16-19-9-5-4-6-10-19)24(33)32-17-27(14-20(32)15-28)21-11-7-8-12-22(21)30-25(27)34/h4-12,18,20,23H,13-14,16-17H2,1-3H3,(H,29,35)(H,30,34)/t20?,23-,27-/m0/s1. The van der Waals surface area contributed by atoms with Gasteiger partial charge in [-0.25, -0.2) is 4.79 Å². The highest BCUT2D eigenvalue weighted by Gasteiger charge is 2.56. The van der Waals surface area contributed by atoms with Gasteiger partial charge in [0.15, 0.2) is 0 Å². The summed E-state index contributed by atoms with van der Waals surface area (Å²) < 4.78 is 0. The Balaban J connectivity index is 1.56. The van der Waals surface area contributed by atoms with E-state index in [1.54, 1.807) is 7.05 Å². The van der Waals surface area contributed by atoms with Crippen LogP contribution in [0.5, 0.6) is 0 Å². The number of benzene rings is 2. The molecule has 182 valence electrons. The summed E-state index contributed by atoms with van der Waals surface area (Å²) in [5.74, 6) is -0.360. The summed E-state index contributed by atoms with van der Waals surface area (Å²) in [5, 5.41) is 15.7. The molecule has 2 N–H and O–H groups in total. The molecule has 4 amide bonds. The molecule has 0 radical (unpaired) electrons. The number of urea groups is 1. The third-order valence-corrected chi connectivity index (χ3v) is 6.97. The predicted molar refractivity (Wildman–Crippen MR) is 132 cm³/mol. The Labute approximate surface area is 205 Å². The van der Waals surface area contributed by atoms with Crippen LogP contribution >= 0.6 is 0 Å². The fourth-order valence-corrected chi connectivity index (χ4v) is 5.09. The van der Waals surface area contributed by atoms with E-state index in [9.17, 15) is 19.6 Å². The summed E-state index contributed by atoms with van der Waals surface area (Å²) in [7, 11) is 1.61. The summed E-state index contributed by atoms with van der Waals surface area (Å²) in [5.41, 5.74) is 1.54.